The van der Waals surface area contributed by atoms with E-state index in [1.54, 1.807) is 7.05 Å². The first kappa shape index (κ1) is 17.8. The molecule has 0 saturated carbocycles. The fraction of sp³-hybridized carbons (Fsp3) is 0.190. The lowest BCUT2D eigenvalue weighted by Gasteiger charge is -2.14. The number of hydrogen-bond donors (Lipinski definition) is 2. The number of nitrogens with zero attached hydrogens (tertiary/aromatic N) is 2. The average Bonchev–Trinajstić information content (AvgIpc) is 3.23. The number of ether oxygens (including phenoxy) is 1. The fourth-order valence-electron chi connectivity index (χ4n) is 3.65. The van der Waals surface area contributed by atoms with E-state index in [0.717, 1.165) is 22.3 Å². The van der Waals surface area contributed by atoms with Crippen molar-refractivity contribution in [1.82, 2.24) is 15.1 Å². The molecule has 0 unspecified atom stereocenters. The summed E-state index contributed by atoms with van der Waals surface area (Å²) in [5, 5.41) is 15.8. The summed E-state index contributed by atoms with van der Waals surface area (Å²) in [6.45, 7) is 0.188. The molecule has 0 saturated heterocycles. The summed E-state index contributed by atoms with van der Waals surface area (Å²) >= 11 is 0. The van der Waals surface area contributed by atoms with E-state index >= 15 is 0 Å². The van der Waals surface area contributed by atoms with E-state index in [2.05, 4.69) is 22.5 Å². The van der Waals surface area contributed by atoms with Gasteiger partial charge in [0.2, 0.25) is 0 Å². The van der Waals surface area contributed by atoms with Crippen LogP contribution in [0.4, 0.5) is 4.79 Å². The molecule has 1 heterocycles. The highest BCUT2D eigenvalue weighted by molar-refractivity contribution is 5.88. The minimum absolute atomic E-state index is 0.0147. The second kappa shape index (κ2) is 7.19. The zero-order valence-electron chi connectivity index (χ0n) is 15.3. The molecule has 142 valence electrons. The van der Waals surface area contributed by atoms with Crippen molar-refractivity contribution in [2.45, 2.75) is 12.5 Å². The number of carbonyl (C=O) groups is 2. The lowest BCUT2D eigenvalue weighted by Crippen LogP contribution is -2.26. The number of hydrogen-bond acceptors (Lipinski definition) is 4. The zero-order chi connectivity index (χ0) is 19.7. The van der Waals surface area contributed by atoms with Gasteiger partial charge in [-0.25, -0.2) is 9.59 Å². The molecule has 0 bridgehead atoms. The second-order valence-electron chi connectivity index (χ2n) is 6.65. The van der Waals surface area contributed by atoms with Gasteiger partial charge in [-0.2, -0.15) is 5.10 Å². The number of amides is 1. The maximum absolute atomic E-state index is 12.2. The molecule has 1 amide bonds. The average molecular weight is 377 g/mol. The summed E-state index contributed by atoms with van der Waals surface area (Å²) in [4.78, 5) is 23.4. The number of benzene rings is 2. The molecular weight excluding hydrogens is 358 g/mol. The van der Waals surface area contributed by atoms with Gasteiger partial charge in [0.15, 0.2) is 0 Å². The van der Waals surface area contributed by atoms with E-state index in [4.69, 9.17) is 4.74 Å². The molecule has 0 atom stereocenters. The van der Waals surface area contributed by atoms with Gasteiger partial charge in [-0.15, -0.1) is 0 Å². The molecule has 1 aromatic heterocycles. The van der Waals surface area contributed by atoms with Crippen molar-refractivity contribution in [2.24, 2.45) is 7.05 Å². The number of fused-ring (bicyclic) bond motifs is 3. The van der Waals surface area contributed by atoms with Crippen LogP contribution in [0.3, 0.4) is 0 Å². The Morgan fingerprint density at radius 3 is 2.32 bits per heavy atom. The summed E-state index contributed by atoms with van der Waals surface area (Å²) in [5.41, 5.74) is 4.92. The Balaban J connectivity index is 1.42. The van der Waals surface area contributed by atoms with Crippen LogP contribution >= 0.6 is 0 Å². The molecule has 28 heavy (non-hydrogen) atoms. The first-order chi connectivity index (χ1) is 13.5. The standard InChI is InChI=1S/C21H19N3O4/c1-24-11-17(20(25)26)19(23-24)10-22-21(27)28-12-18-15-8-4-2-6-13(15)14-7-3-5-9-16(14)18/h2-9,11,18H,10,12H2,1H3,(H,22,27)(H,25,26). The van der Waals surface area contributed by atoms with Crippen molar-refractivity contribution in [3.05, 3.63) is 77.1 Å². The molecule has 0 aliphatic heterocycles. The lowest BCUT2D eigenvalue weighted by molar-refractivity contribution is 0.0695. The Labute approximate surface area is 161 Å². The number of carboxylic acids is 1. The van der Waals surface area contributed by atoms with E-state index in [0.29, 0.717) is 0 Å². The number of aromatic nitrogens is 2. The minimum atomic E-state index is -1.09. The van der Waals surface area contributed by atoms with E-state index in [9.17, 15) is 14.7 Å². The molecule has 1 aliphatic rings. The van der Waals surface area contributed by atoms with Gasteiger partial charge in [0.05, 0.1) is 12.2 Å². The Morgan fingerprint density at radius 2 is 1.71 bits per heavy atom. The molecule has 0 fully saturated rings. The van der Waals surface area contributed by atoms with Crippen LogP contribution in [0.5, 0.6) is 0 Å². The second-order valence-corrected chi connectivity index (χ2v) is 6.65. The van der Waals surface area contributed by atoms with Crippen molar-refractivity contribution in [1.29, 1.82) is 0 Å². The van der Waals surface area contributed by atoms with Gasteiger partial charge in [-0.3, -0.25) is 4.68 Å². The zero-order valence-corrected chi connectivity index (χ0v) is 15.3. The molecule has 2 aromatic carbocycles. The molecule has 7 heteroatoms. The third-order valence-electron chi connectivity index (χ3n) is 4.88. The van der Waals surface area contributed by atoms with Gasteiger partial charge in [-0.1, -0.05) is 48.5 Å². The number of carboxylic acid groups (broad SMARTS) is 1. The van der Waals surface area contributed by atoms with Gasteiger partial charge in [0, 0.05) is 19.2 Å². The van der Waals surface area contributed by atoms with Crippen LogP contribution in [0.2, 0.25) is 0 Å². The Kier molecular flexibility index (Phi) is 4.57. The quantitative estimate of drug-likeness (QED) is 0.712. The van der Waals surface area contributed by atoms with Gasteiger partial charge in [-0.05, 0) is 22.3 Å². The summed E-state index contributed by atoms with van der Waals surface area (Å²) in [6.07, 6.45) is 0.792. The summed E-state index contributed by atoms with van der Waals surface area (Å²) < 4.78 is 6.84. The van der Waals surface area contributed by atoms with Crippen molar-refractivity contribution in [3.8, 4) is 11.1 Å². The van der Waals surface area contributed by atoms with Gasteiger partial charge < -0.3 is 15.2 Å². The smallest absolute Gasteiger partial charge is 0.407 e. The van der Waals surface area contributed by atoms with Crippen LogP contribution in [0.1, 0.15) is 33.1 Å². The Morgan fingerprint density at radius 1 is 1.11 bits per heavy atom. The molecule has 0 radical (unpaired) electrons. The van der Waals surface area contributed by atoms with E-state index in [1.807, 2.05) is 36.4 Å². The molecule has 2 N–H and O–H groups in total. The molecule has 1 aliphatic carbocycles. The SMILES string of the molecule is Cn1cc(C(=O)O)c(CNC(=O)OCC2c3ccccc3-c3ccccc32)n1. The summed E-state index contributed by atoms with van der Waals surface area (Å²) in [7, 11) is 1.63. The number of aromatic carboxylic acids is 1. The van der Waals surface area contributed by atoms with Crippen LogP contribution in [0, 0.1) is 0 Å². The number of alkyl carbamates (subject to hydrolysis) is 1. The number of rotatable bonds is 5. The Bertz CT molecular complexity index is 1010. The van der Waals surface area contributed by atoms with Gasteiger partial charge in [0.1, 0.15) is 12.2 Å². The molecule has 4 rings (SSSR count). The number of carbonyl (C=O) groups excluding carboxylic acids is 1. The molecular formula is C21H19N3O4. The maximum Gasteiger partial charge on any atom is 0.407 e. The maximum atomic E-state index is 12.2. The van der Waals surface area contributed by atoms with Gasteiger partial charge >= 0.3 is 12.1 Å². The largest absolute Gasteiger partial charge is 0.478 e. The van der Waals surface area contributed by atoms with Crippen LogP contribution in [0.15, 0.2) is 54.7 Å². The van der Waals surface area contributed by atoms with E-state index in [1.165, 1.54) is 10.9 Å². The van der Waals surface area contributed by atoms with Crippen molar-refractivity contribution in [3.63, 3.8) is 0 Å². The van der Waals surface area contributed by atoms with Crippen molar-refractivity contribution < 1.29 is 19.4 Å². The third kappa shape index (κ3) is 3.22. The van der Waals surface area contributed by atoms with Crippen molar-refractivity contribution in [2.75, 3.05) is 6.61 Å². The van der Waals surface area contributed by atoms with E-state index in [-0.39, 0.29) is 30.3 Å². The topological polar surface area (TPSA) is 93.5 Å². The number of aryl methyl sites for hydroxylation is 1. The molecule has 0 spiro atoms. The van der Waals surface area contributed by atoms with Crippen molar-refractivity contribution >= 4 is 12.1 Å². The predicted octanol–water partition coefficient (Wildman–Crippen LogP) is 3.16. The van der Waals surface area contributed by atoms with Gasteiger partial charge in [0.25, 0.3) is 0 Å². The molecule has 7 nitrogen and oxygen atoms in total. The van der Waals surface area contributed by atoms with Crippen LogP contribution < -0.4 is 5.32 Å². The van der Waals surface area contributed by atoms with Crippen LogP contribution in [-0.4, -0.2) is 33.6 Å². The first-order valence-electron chi connectivity index (χ1n) is 8.89. The monoisotopic (exact) mass is 377 g/mol. The normalized spacial score (nSPS) is 12.3. The highest BCUT2D eigenvalue weighted by atomic mass is 16.5. The van der Waals surface area contributed by atoms with E-state index < -0.39 is 12.1 Å². The first-order valence-corrected chi connectivity index (χ1v) is 8.89. The number of nitrogens with one attached hydrogen (secondary N) is 1. The van der Waals surface area contributed by atoms with Crippen LogP contribution in [-0.2, 0) is 18.3 Å². The highest BCUT2D eigenvalue weighted by Crippen LogP contribution is 2.44. The van der Waals surface area contributed by atoms with Crippen LogP contribution in [0.25, 0.3) is 11.1 Å². The Hall–Kier alpha value is -3.61. The fourth-order valence-corrected chi connectivity index (χ4v) is 3.65. The highest BCUT2D eigenvalue weighted by Gasteiger charge is 2.29. The lowest BCUT2D eigenvalue weighted by atomic mass is 9.98. The summed E-state index contributed by atoms with van der Waals surface area (Å²) in [6, 6.07) is 16.2. The third-order valence-corrected chi connectivity index (χ3v) is 4.88. The minimum Gasteiger partial charge on any atom is -0.478 e. The summed E-state index contributed by atoms with van der Waals surface area (Å²) in [5.74, 6) is -1.11. The molecule has 3 aromatic rings. The predicted molar refractivity (Wildman–Crippen MR) is 102 cm³/mol.